The van der Waals surface area contributed by atoms with Crippen molar-refractivity contribution in [1.82, 2.24) is 0 Å². The van der Waals surface area contributed by atoms with Crippen molar-refractivity contribution in [3.8, 4) is 11.5 Å². The number of benzene rings is 2. The number of nitrogens with one attached hydrogen (secondary N) is 1. The van der Waals surface area contributed by atoms with Gasteiger partial charge in [0.05, 0.1) is 25.6 Å². The monoisotopic (exact) mass is 316 g/mol. The number of non-ortho nitro benzene ring substituents is 1. The predicted octanol–water partition coefficient (Wildman–Crippen LogP) is 2.79. The molecule has 0 heterocycles. The van der Waals surface area contributed by atoms with Crippen LogP contribution in [0.1, 0.15) is 5.56 Å². The number of rotatable bonds is 6. The van der Waals surface area contributed by atoms with Crippen molar-refractivity contribution < 1.29 is 19.2 Å². The summed E-state index contributed by atoms with van der Waals surface area (Å²) >= 11 is 0. The van der Waals surface area contributed by atoms with Crippen molar-refractivity contribution >= 4 is 17.3 Å². The molecule has 120 valence electrons. The van der Waals surface area contributed by atoms with Gasteiger partial charge in [0.1, 0.15) is 11.5 Å². The highest BCUT2D eigenvalue weighted by Gasteiger charge is 2.11. The Morgan fingerprint density at radius 2 is 1.83 bits per heavy atom. The fourth-order valence-corrected chi connectivity index (χ4v) is 2.06. The van der Waals surface area contributed by atoms with Crippen molar-refractivity contribution in [3.63, 3.8) is 0 Å². The van der Waals surface area contributed by atoms with E-state index >= 15 is 0 Å². The lowest BCUT2D eigenvalue weighted by Crippen LogP contribution is -2.15. The van der Waals surface area contributed by atoms with Crippen LogP contribution < -0.4 is 14.8 Å². The minimum absolute atomic E-state index is 0.0301. The first-order chi connectivity index (χ1) is 11.0. The number of nitro benzene ring substituents is 1. The van der Waals surface area contributed by atoms with Gasteiger partial charge in [-0.1, -0.05) is 0 Å². The van der Waals surface area contributed by atoms with Crippen LogP contribution in [0.2, 0.25) is 0 Å². The van der Waals surface area contributed by atoms with Crippen molar-refractivity contribution in [2.24, 2.45) is 0 Å². The number of hydrogen-bond acceptors (Lipinski definition) is 5. The molecule has 0 saturated heterocycles. The zero-order chi connectivity index (χ0) is 16.8. The van der Waals surface area contributed by atoms with E-state index < -0.39 is 4.92 Å². The van der Waals surface area contributed by atoms with Gasteiger partial charge in [0, 0.05) is 23.4 Å². The summed E-state index contributed by atoms with van der Waals surface area (Å²) in [5.74, 6) is 0.957. The summed E-state index contributed by atoms with van der Waals surface area (Å²) in [6.07, 6.45) is 0.0946. The smallest absolute Gasteiger partial charge is 0.269 e. The highest BCUT2D eigenvalue weighted by molar-refractivity contribution is 5.92. The maximum atomic E-state index is 12.1. The standard InChI is InChI=1S/C16H16N2O5/c1-22-14-7-8-15(23-2)11(9-14)10-16(19)17-12-3-5-13(6-4-12)18(20)21/h3-9H,10H2,1-2H3,(H,17,19). The fraction of sp³-hybridized carbons (Fsp3) is 0.188. The third-order valence-electron chi connectivity index (χ3n) is 3.20. The van der Waals surface area contributed by atoms with E-state index in [2.05, 4.69) is 5.32 Å². The molecule has 0 spiro atoms. The summed E-state index contributed by atoms with van der Waals surface area (Å²) in [6, 6.07) is 10.8. The molecule has 0 aliphatic carbocycles. The molecule has 2 aromatic carbocycles. The number of anilines is 1. The zero-order valence-corrected chi connectivity index (χ0v) is 12.7. The molecule has 2 aromatic rings. The number of nitro groups is 1. The Morgan fingerprint density at radius 1 is 1.13 bits per heavy atom. The summed E-state index contributed by atoms with van der Waals surface area (Å²) in [5, 5.41) is 13.3. The molecular formula is C16H16N2O5. The molecule has 2 rings (SSSR count). The SMILES string of the molecule is COc1ccc(OC)c(CC(=O)Nc2ccc([N+](=O)[O-])cc2)c1. The fourth-order valence-electron chi connectivity index (χ4n) is 2.06. The number of nitrogens with zero attached hydrogens (tertiary/aromatic N) is 1. The first-order valence-electron chi connectivity index (χ1n) is 6.78. The van der Waals surface area contributed by atoms with Gasteiger partial charge in [-0.25, -0.2) is 0 Å². The quantitative estimate of drug-likeness (QED) is 0.653. The summed E-state index contributed by atoms with van der Waals surface area (Å²) in [7, 11) is 3.07. The van der Waals surface area contributed by atoms with Crippen LogP contribution in [0.25, 0.3) is 0 Å². The van der Waals surface area contributed by atoms with Gasteiger partial charge < -0.3 is 14.8 Å². The molecule has 0 bridgehead atoms. The molecule has 0 aromatic heterocycles. The number of carbonyl (C=O) groups excluding carboxylic acids is 1. The molecule has 0 atom stereocenters. The van der Waals surface area contributed by atoms with Crippen LogP contribution >= 0.6 is 0 Å². The number of ether oxygens (including phenoxy) is 2. The summed E-state index contributed by atoms with van der Waals surface area (Å²) < 4.78 is 10.4. The van der Waals surface area contributed by atoms with Crippen LogP contribution in [0.5, 0.6) is 11.5 Å². The lowest BCUT2D eigenvalue weighted by molar-refractivity contribution is -0.384. The first kappa shape index (κ1) is 16.3. The van der Waals surface area contributed by atoms with Gasteiger partial charge in [-0.05, 0) is 30.3 Å². The first-order valence-corrected chi connectivity index (χ1v) is 6.78. The largest absolute Gasteiger partial charge is 0.497 e. The van der Waals surface area contributed by atoms with Crippen LogP contribution in [-0.4, -0.2) is 25.1 Å². The van der Waals surface area contributed by atoms with Crippen molar-refractivity contribution in [3.05, 3.63) is 58.1 Å². The minimum Gasteiger partial charge on any atom is -0.497 e. The minimum atomic E-state index is -0.493. The maximum Gasteiger partial charge on any atom is 0.269 e. The zero-order valence-electron chi connectivity index (χ0n) is 12.7. The molecule has 0 fully saturated rings. The molecule has 7 nitrogen and oxygen atoms in total. The van der Waals surface area contributed by atoms with Gasteiger partial charge in [0.25, 0.3) is 5.69 Å². The molecule has 0 unspecified atom stereocenters. The Labute approximate surface area is 133 Å². The van der Waals surface area contributed by atoms with Crippen molar-refractivity contribution in [2.75, 3.05) is 19.5 Å². The van der Waals surface area contributed by atoms with Gasteiger partial charge in [0.15, 0.2) is 0 Å². The Morgan fingerprint density at radius 3 is 2.39 bits per heavy atom. The number of methoxy groups -OCH3 is 2. The van der Waals surface area contributed by atoms with Gasteiger partial charge in [0.2, 0.25) is 5.91 Å². The van der Waals surface area contributed by atoms with E-state index in [0.29, 0.717) is 22.7 Å². The third-order valence-corrected chi connectivity index (χ3v) is 3.20. The molecule has 1 N–H and O–H groups in total. The van der Waals surface area contributed by atoms with Gasteiger partial charge in [-0.3, -0.25) is 14.9 Å². The van der Waals surface area contributed by atoms with Crippen LogP contribution in [0.15, 0.2) is 42.5 Å². The second-order valence-corrected chi connectivity index (χ2v) is 4.71. The maximum absolute atomic E-state index is 12.1. The normalized spacial score (nSPS) is 10.0. The Bertz CT molecular complexity index is 713. The molecule has 0 radical (unpaired) electrons. The Hall–Kier alpha value is -3.09. The molecule has 23 heavy (non-hydrogen) atoms. The number of carbonyl (C=O) groups is 1. The average Bonchev–Trinajstić information content (AvgIpc) is 2.55. The van der Waals surface area contributed by atoms with Crippen molar-refractivity contribution in [2.45, 2.75) is 6.42 Å². The number of amides is 1. The van der Waals surface area contributed by atoms with E-state index in [0.717, 1.165) is 0 Å². The molecule has 0 aliphatic heterocycles. The van der Waals surface area contributed by atoms with E-state index in [9.17, 15) is 14.9 Å². The van der Waals surface area contributed by atoms with E-state index in [1.807, 2.05) is 0 Å². The van der Waals surface area contributed by atoms with Crippen molar-refractivity contribution in [1.29, 1.82) is 0 Å². The van der Waals surface area contributed by atoms with E-state index in [-0.39, 0.29) is 18.0 Å². The highest BCUT2D eigenvalue weighted by atomic mass is 16.6. The topological polar surface area (TPSA) is 90.7 Å². The molecule has 0 saturated carbocycles. The van der Waals surface area contributed by atoms with Crippen LogP contribution in [0, 0.1) is 10.1 Å². The molecular weight excluding hydrogens is 300 g/mol. The van der Waals surface area contributed by atoms with Gasteiger partial charge in [-0.2, -0.15) is 0 Å². The van der Waals surface area contributed by atoms with E-state index in [1.54, 1.807) is 25.3 Å². The average molecular weight is 316 g/mol. The number of hydrogen-bond donors (Lipinski definition) is 1. The third kappa shape index (κ3) is 4.19. The van der Waals surface area contributed by atoms with Gasteiger partial charge >= 0.3 is 0 Å². The van der Waals surface area contributed by atoms with Crippen LogP contribution in [0.4, 0.5) is 11.4 Å². The lowest BCUT2D eigenvalue weighted by Gasteiger charge is -2.10. The summed E-state index contributed by atoms with van der Waals surface area (Å²) in [6.45, 7) is 0. The Balaban J connectivity index is 2.08. The lowest BCUT2D eigenvalue weighted by atomic mass is 10.1. The molecule has 0 aliphatic rings. The molecule has 7 heteroatoms. The second kappa shape index (κ2) is 7.26. The predicted molar refractivity (Wildman–Crippen MR) is 85.0 cm³/mol. The van der Waals surface area contributed by atoms with Crippen LogP contribution in [-0.2, 0) is 11.2 Å². The Kier molecular flexibility index (Phi) is 5.14. The van der Waals surface area contributed by atoms with Crippen LogP contribution in [0.3, 0.4) is 0 Å². The van der Waals surface area contributed by atoms with E-state index in [4.69, 9.17) is 9.47 Å². The summed E-state index contributed by atoms with van der Waals surface area (Å²) in [5.41, 5.74) is 1.14. The second-order valence-electron chi connectivity index (χ2n) is 4.71. The highest BCUT2D eigenvalue weighted by Crippen LogP contribution is 2.25. The van der Waals surface area contributed by atoms with Gasteiger partial charge in [-0.15, -0.1) is 0 Å². The van der Waals surface area contributed by atoms with E-state index in [1.165, 1.54) is 31.4 Å². The molecule has 1 amide bonds. The summed E-state index contributed by atoms with van der Waals surface area (Å²) in [4.78, 5) is 22.2.